The second kappa shape index (κ2) is 4.58. The van der Waals surface area contributed by atoms with E-state index in [1.807, 2.05) is 12.1 Å². The first kappa shape index (κ1) is 9.69. The van der Waals surface area contributed by atoms with Gasteiger partial charge in [0.1, 0.15) is 5.82 Å². The van der Waals surface area contributed by atoms with Gasteiger partial charge in [0.05, 0.1) is 12.1 Å². The second-order valence-electron chi connectivity index (χ2n) is 2.86. The highest BCUT2D eigenvalue weighted by atomic mass is 19.1. The normalized spacial score (nSPS) is 12.1. The van der Waals surface area contributed by atoms with Crippen molar-refractivity contribution in [1.82, 2.24) is 5.32 Å². The molecule has 1 unspecified atom stereocenters. The third-order valence-electron chi connectivity index (χ3n) is 1.70. The lowest BCUT2D eigenvalue weighted by atomic mass is 10.2. The van der Waals surface area contributed by atoms with Crippen molar-refractivity contribution in [3.05, 3.63) is 35.6 Å². The SMILES string of the molecule is CC(C#N)NCc1cccc(F)c1. The predicted molar refractivity (Wildman–Crippen MR) is 48.3 cm³/mol. The lowest BCUT2D eigenvalue weighted by molar-refractivity contribution is 0.612. The Morgan fingerprint density at radius 1 is 1.62 bits per heavy atom. The topological polar surface area (TPSA) is 35.8 Å². The van der Waals surface area contributed by atoms with Crippen LogP contribution in [0.4, 0.5) is 4.39 Å². The summed E-state index contributed by atoms with van der Waals surface area (Å²) >= 11 is 0. The van der Waals surface area contributed by atoms with E-state index in [1.165, 1.54) is 12.1 Å². The number of nitriles is 1. The number of halogens is 1. The van der Waals surface area contributed by atoms with Gasteiger partial charge in [-0.1, -0.05) is 12.1 Å². The van der Waals surface area contributed by atoms with Crippen molar-refractivity contribution >= 4 is 0 Å². The summed E-state index contributed by atoms with van der Waals surface area (Å²) in [4.78, 5) is 0. The van der Waals surface area contributed by atoms with Gasteiger partial charge in [-0.25, -0.2) is 4.39 Å². The van der Waals surface area contributed by atoms with Gasteiger partial charge in [-0.05, 0) is 24.6 Å². The van der Waals surface area contributed by atoms with Crippen LogP contribution in [0.2, 0.25) is 0 Å². The van der Waals surface area contributed by atoms with E-state index in [1.54, 1.807) is 13.0 Å². The van der Waals surface area contributed by atoms with E-state index in [9.17, 15) is 4.39 Å². The molecule has 0 aliphatic rings. The lowest BCUT2D eigenvalue weighted by Crippen LogP contribution is -2.23. The molecule has 0 fully saturated rings. The number of nitrogens with one attached hydrogen (secondary N) is 1. The Balaban J connectivity index is 2.51. The molecule has 0 amide bonds. The van der Waals surface area contributed by atoms with Crippen molar-refractivity contribution in [1.29, 1.82) is 5.26 Å². The summed E-state index contributed by atoms with van der Waals surface area (Å²) in [6.07, 6.45) is 0. The van der Waals surface area contributed by atoms with Crippen molar-refractivity contribution in [2.24, 2.45) is 0 Å². The molecule has 0 saturated heterocycles. The summed E-state index contributed by atoms with van der Waals surface area (Å²) in [5.41, 5.74) is 0.849. The van der Waals surface area contributed by atoms with Crippen LogP contribution in [0.5, 0.6) is 0 Å². The number of benzene rings is 1. The number of nitrogens with zero attached hydrogens (tertiary/aromatic N) is 1. The van der Waals surface area contributed by atoms with Gasteiger partial charge in [-0.3, -0.25) is 5.32 Å². The fraction of sp³-hybridized carbons (Fsp3) is 0.300. The third kappa shape index (κ3) is 3.22. The van der Waals surface area contributed by atoms with Gasteiger partial charge in [0.2, 0.25) is 0 Å². The molecule has 13 heavy (non-hydrogen) atoms. The Kier molecular flexibility index (Phi) is 3.41. The van der Waals surface area contributed by atoms with Crippen molar-refractivity contribution in [2.45, 2.75) is 19.5 Å². The average Bonchev–Trinajstić information content (AvgIpc) is 2.14. The van der Waals surface area contributed by atoms with Crippen LogP contribution >= 0.6 is 0 Å². The maximum atomic E-state index is 12.7. The summed E-state index contributed by atoms with van der Waals surface area (Å²) in [7, 11) is 0. The summed E-state index contributed by atoms with van der Waals surface area (Å²) < 4.78 is 12.7. The third-order valence-corrected chi connectivity index (χ3v) is 1.70. The average molecular weight is 178 g/mol. The van der Waals surface area contributed by atoms with E-state index in [0.29, 0.717) is 6.54 Å². The summed E-state index contributed by atoms with van der Waals surface area (Å²) in [6.45, 7) is 2.28. The highest BCUT2D eigenvalue weighted by Crippen LogP contribution is 2.02. The molecule has 0 aromatic heterocycles. The van der Waals surface area contributed by atoms with Crippen molar-refractivity contribution in [2.75, 3.05) is 0 Å². The van der Waals surface area contributed by atoms with E-state index in [0.717, 1.165) is 5.56 Å². The molecular formula is C10H11FN2. The fourth-order valence-corrected chi connectivity index (χ4v) is 0.964. The Bertz CT molecular complexity index is 317. The summed E-state index contributed by atoms with van der Waals surface area (Å²) in [5, 5.41) is 11.4. The Morgan fingerprint density at radius 2 is 2.38 bits per heavy atom. The van der Waals surface area contributed by atoms with Gasteiger partial charge in [0.15, 0.2) is 0 Å². The first-order valence-electron chi connectivity index (χ1n) is 4.10. The minimum atomic E-state index is -0.246. The van der Waals surface area contributed by atoms with Gasteiger partial charge >= 0.3 is 0 Å². The van der Waals surface area contributed by atoms with Crippen LogP contribution in [0.15, 0.2) is 24.3 Å². The molecule has 68 valence electrons. The monoisotopic (exact) mass is 178 g/mol. The molecule has 1 N–H and O–H groups in total. The van der Waals surface area contributed by atoms with E-state index in [4.69, 9.17) is 5.26 Å². The molecule has 1 rings (SSSR count). The molecule has 0 aliphatic heterocycles. The largest absolute Gasteiger partial charge is 0.298 e. The number of hydrogen-bond donors (Lipinski definition) is 1. The summed E-state index contributed by atoms with van der Waals surface area (Å²) in [6, 6.07) is 8.17. The minimum Gasteiger partial charge on any atom is -0.298 e. The van der Waals surface area contributed by atoms with Gasteiger partial charge in [-0.15, -0.1) is 0 Å². The molecule has 3 heteroatoms. The van der Waals surface area contributed by atoms with Gasteiger partial charge in [0.25, 0.3) is 0 Å². The molecule has 0 spiro atoms. The molecular weight excluding hydrogens is 167 g/mol. The first-order valence-corrected chi connectivity index (χ1v) is 4.10. The molecule has 1 aromatic carbocycles. The zero-order chi connectivity index (χ0) is 9.68. The second-order valence-corrected chi connectivity index (χ2v) is 2.86. The molecule has 1 atom stereocenters. The quantitative estimate of drug-likeness (QED) is 0.766. The van der Waals surface area contributed by atoms with Gasteiger partial charge in [-0.2, -0.15) is 5.26 Å². The molecule has 2 nitrogen and oxygen atoms in total. The van der Waals surface area contributed by atoms with Crippen molar-refractivity contribution < 1.29 is 4.39 Å². The van der Waals surface area contributed by atoms with E-state index in [-0.39, 0.29) is 11.9 Å². The number of rotatable bonds is 3. The molecule has 0 bridgehead atoms. The van der Waals surface area contributed by atoms with Gasteiger partial charge in [0, 0.05) is 6.54 Å². The van der Waals surface area contributed by atoms with Crippen LogP contribution < -0.4 is 5.32 Å². The smallest absolute Gasteiger partial charge is 0.123 e. The maximum absolute atomic E-state index is 12.7. The molecule has 0 aliphatic carbocycles. The van der Waals surface area contributed by atoms with Crippen LogP contribution in [0.3, 0.4) is 0 Å². The van der Waals surface area contributed by atoms with E-state index >= 15 is 0 Å². The van der Waals surface area contributed by atoms with Crippen LogP contribution in [0.1, 0.15) is 12.5 Å². The van der Waals surface area contributed by atoms with Crippen LogP contribution in [0.25, 0.3) is 0 Å². The first-order chi connectivity index (χ1) is 6.22. The van der Waals surface area contributed by atoms with Crippen molar-refractivity contribution in [3.8, 4) is 6.07 Å². The standard InChI is InChI=1S/C10H11FN2/c1-8(6-12)13-7-9-3-2-4-10(11)5-9/h2-5,8,13H,7H2,1H3. The predicted octanol–water partition coefficient (Wildman–Crippen LogP) is 1.83. The van der Waals surface area contributed by atoms with Crippen LogP contribution in [0, 0.1) is 17.1 Å². The minimum absolute atomic E-state index is 0.205. The number of hydrogen-bond acceptors (Lipinski definition) is 2. The maximum Gasteiger partial charge on any atom is 0.123 e. The highest BCUT2D eigenvalue weighted by Gasteiger charge is 1.98. The van der Waals surface area contributed by atoms with E-state index < -0.39 is 0 Å². The lowest BCUT2D eigenvalue weighted by Gasteiger charge is -2.05. The Morgan fingerprint density at radius 3 is 3.00 bits per heavy atom. The molecule has 0 saturated carbocycles. The van der Waals surface area contributed by atoms with Gasteiger partial charge < -0.3 is 0 Å². The fourth-order valence-electron chi connectivity index (χ4n) is 0.964. The summed E-state index contributed by atoms with van der Waals surface area (Å²) in [5.74, 6) is -0.246. The highest BCUT2D eigenvalue weighted by molar-refractivity contribution is 5.16. The van der Waals surface area contributed by atoms with E-state index in [2.05, 4.69) is 5.32 Å². The van der Waals surface area contributed by atoms with Crippen LogP contribution in [-0.4, -0.2) is 6.04 Å². The van der Waals surface area contributed by atoms with Crippen LogP contribution in [-0.2, 0) is 6.54 Å². The zero-order valence-corrected chi connectivity index (χ0v) is 7.42. The zero-order valence-electron chi connectivity index (χ0n) is 7.42. The Hall–Kier alpha value is -1.40. The molecule has 0 heterocycles. The molecule has 1 aromatic rings. The Labute approximate surface area is 77.0 Å². The van der Waals surface area contributed by atoms with Crippen molar-refractivity contribution in [3.63, 3.8) is 0 Å². The molecule has 0 radical (unpaired) electrons.